The zero-order chi connectivity index (χ0) is 13.9. The molecular weight excluding hydrogens is 250 g/mol. The van der Waals surface area contributed by atoms with Gasteiger partial charge in [-0.3, -0.25) is 0 Å². The highest BCUT2D eigenvalue weighted by Crippen LogP contribution is 2.22. The number of hydrogen-bond donors (Lipinski definition) is 3. The fourth-order valence-electron chi connectivity index (χ4n) is 3.22. The molecule has 0 radical (unpaired) electrons. The molecule has 1 aliphatic carbocycles. The van der Waals surface area contributed by atoms with Gasteiger partial charge in [-0.1, -0.05) is 31.7 Å². The van der Waals surface area contributed by atoms with Crippen molar-refractivity contribution in [1.82, 2.24) is 15.3 Å². The molecule has 108 valence electrons. The Bertz CT molecular complexity index is 620. The lowest BCUT2D eigenvalue weighted by Gasteiger charge is -2.22. The maximum Gasteiger partial charge on any atom is 0.323 e. The smallest absolute Gasteiger partial charge is 0.307 e. The van der Waals surface area contributed by atoms with Crippen molar-refractivity contribution in [2.24, 2.45) is 0 Å². The van der Waals surface area contributed by atoms with Crippen LogP contribution in [0.2, 0.25) is 0 Å². The van der Waals surface area contributed by atoms with E-state index in [1.165, 1.54) is 44.1 Å². The van der Waals surface area contributed by atoms with E-state index in [4.69, 9.17) is 0 Å². The first kappa shape index (κ1) is 13.4. The number of H-pyrrole nitrogens is 2. The van der Waals surface area contributed by atoms with Crippen LogP contribution in [-0.4, -0.2) is 16.0 Å². The second-order valence-corrected chi connectivity index (χ2v) is 5.96. The highest BCUT2D eigenvalue weighted by molar-refractivity contribution is 5.75. The minimum Gasteiger partial charge on any atom is -0.307 e. The standard InChI is InChI=1S/C16H23N3O/c1-11(17-13-6-4-2-3-5-7-13)12-8-9-14-15(10-12)19-16(20)18-14/h8-11,13,17H,2-7H2,1H3,(H2,18,19,20). The van der Waals surface area contributed by atoms with Gasteiger partial charge in [-0.05, 0) is 37.5 Å². The van der Waals surface area contributed by atoms with E-state index in [0.29, 0.717) is 12.1 Å². The van der Waals surface area contributed by atoms with Gasteiger partial charge >= 0.3 is 5.69 Å². The molecular formula is C16H23N3O. The summed E-state index contributed by atoms with van der Waals surface area (Å²) in [7, 11) is 0. The van der Waals surface area contributed by atoms with Crippen molar-refractivity contribution in [2.45, 2.75) is 57.5 Å². The molecule has 0 spiro atoms. The van der Waals surface area contributed by atoms with E-state index in [1.54, 1.807) is 0 Å². The Kier molecular flexibility index (Phi) is 3.92. The van der Waals surface area contributed by atoms with Gasteiger partial charge in [0.2, 0.25) is 0 Å². The topological polar surface area (TPSA) is 60.7 Å². The Hall–Kier alpha value is -1.55. The van der Waals surface area contributed by atoms with E-state index < -0.39 is 0 Å². The summed E-state index contributed by atoms with van der Waals surface area (Å²) in [6.07, 6.45) is 8.01. The Labute approximate surface area is 119 Å². The molecule has 0 bridgehead atoms. The van der Waals surface area contributed by atoms with Gasteiger partial charge in [0.1, 0.15) is 0 Å². The molecule has 0 amide bonds. The van der Waals surface area contributed by atoms with E-state index in [2.05, 4.69) is 34.3 Å². The van der Waals surface area contributed by atoms with E-state index >= 15 is 0 Å². The van der Waals surface area contributed by atoms with Crippen LogP contribution in [0.15, 0.2) is 23.0 Å². The van der Waals surface area contributed by atoms with E-state index in [9.17, 15) is 4.79 Å². The van der Waals surface area contributed by atoms with Crippen LogP contribution in [0.25, 0.3) is 11.0 Å². The third-order valence-electron chi connectivity index (χ3n) is 4.38. The first-order valence-electron chi connectivity index (χ1n) is 7.70. The van der Waals surface area contributed by atoms with E-state index in [0.717, 1.165) is 11.0 Å². The molecule has 1 fully saturated rings. The second kappa shape index (κ2) is 5.83. The Morgan fingerprint density at radius 2 is 1.80 bits per heavy atom. The average molecular weight is 273 g/mol. The molecule has 1 heterocycles. The summed E-state index contributed by atoms with van der Waals surface area (Å²) in [6.45, 7) is 2.21. The van der Waals surface area contributed by atoms with Crippen molar-refractivity contribution in [3.63, 3.8) is 0 Å². The summed E-state index contributed by atoms with van der Waals surface area (Å²) >= 11 is 0. The fraction of sp³-hybridized carbons (Fsp3) is 0.562. The monoisotopic (exact) mass is 273 g/mol. The molecule has 1 aliphatic rings. The molecule has 3 rings (SSSR count). The predicted molar refractivity (Wildman–Crippen MR) is 82.0 cm³/mol. The Balaban J connectivity index is 1.73. The van der Waals surface area contributed by atoms with E-state index in [1.807, 2.05) is 6.07 Å². The fourth-order valence-corrected chi connectivity index (χ4v) is 3.22. The van der Waals surface area contributed by atoms with Crippen LogP contribution >= 0.6 is 0 Å². The number of rotatable bonds is 3. The number of hydrogen-bond acceptors (Lipinski definition) is 2. The minimum atomic E-state index is -0.137. The molecule has 1 aromatic carbocycles. The summed E-state index contributed by atoms with van der Waals surface area (Å²) < 4.78 is 0. The number of aromatic nitrogens is 2. The maximum atomic E-state index is 11.3. The predicted octanol–water partition coefficient (Wildman–Crippen LogP) is 3.23. The van der Waals surface area contributed by atoms with Crippen molar-refractivity contribution in [3.05, 3.63) is 34.2 Å². The molecule has 1 saturated carbocycles. The highest BCUT2D eigenvalue weighted by atomic mass is 16.1. The van der Waals surface area contributed by atoms with Crippen LogP contribution in [0.4, 0.5) is 0 Å². The SMILES string of the molecule is CC(NC1CCCCCC1)c1ccc2[nH]c(=O)[nH]c2c1. The van der Waals surface area contributed by atoms with Crippen molar-refractivity contribution >= 4 is 11.0 Å². The first-order valence-corrected chi connectivity index (χ1v) is 7.70. The van der Waals surface area contributed by atoms with Crippen molar-refractivity contribution < 1.29 is 0 Å². The van der Waals surface area contributed by atoms with Crippen LogP contribution < -0.4 is 11.0 Å². The second-order valence-electron chi connectivity index (χ2n) is 5.96. The normalized spacial score (nSPS) is 19.1. The molecule has 20 heavy (non-hydrogen) atoms. The van der Waals surface area contributed by atoms with Crippen LogP contribution in [0.5, 0.6) is 0 Å². The van der Waals surface area contributed by atoms with Crippen LogP contribution in [0.3, 0.4) is 0 Å². The number of fused-ring (bicyclic) bond motifs is 1. The van der Waals surface area contributed by atoms with Crippen LogP contribution in [-0.2, 0) is 0 Å². The lowest BCUT2D eigenvalue weighted by atomic mass is 10.0. The summed E-state index contributed by atoms with van der Waals surface area (Å²) in [5, 5.41) is 3.74. The minimum absolute atomic E-state index is 0.137. The third kappa shape index (κ3) is 2.96. The van der Waals surface area contributed by atoms with Crippen LogP contribution in [0, 0.1) is 0 Å². The molecule has 1 unspecified atom stereocenters. The molecule has 4 heteroatoms. The molecule has 1 atom stereocenters. The number of aromatic amines is 2. The van der Waals surface area contributed by atoms with Crippen molar-refractivity contribution in [3.8, 4) is 0 Å². The number of nitrogens with one attached hydrogen (secondary N) is 3. The van der Waals surface area contributed by atoms with Gasteiger partial charge in [-0.15, -0.1) is 0 Å². The molecule has 0 aliphatic heterocycles. The van der Waals surface area contributed by atoms with Gasteiger partial charge in [0.05, 0.1) is 11.0 Å². The molecule has 2 aromatic rings. The number of imidazole rings is 1. The summed E-state index contributed by atoms with van der Waals surface area (Å²) in [5.41, 5.74) is 2.86. The molecule has 1 aromatic heterocycles. The zero-order valence-electron chi connectivity index (χ0n) is 12.0. The summed E-state index contributed by atoms with van der Waals surface area (Å²) in [5.74, 6) is 0. The number of benzene rings is 1. The van der Waals surface area contributed by atoms with Crippen LogP contribution in [0.1, 0.15) is 57.1 Å². The van der Waals surface area contributed by atoms with Gasteiger partial charge in [0.25, 0.3) is 0 Å². The van der Waals surface area contributed by atoms with Gasteiger partial charge in [0.15, 0.2) is 0 Å². The van der Waals surface area contributed by atoms with Crippen molar-refractivity contribution in [2.75, 3.05) is 0 Å². The van der Waals surface area contributed by atoms with Gasteiger partial charge in [0, 0.05) is 12.1 Å². The third-order valence-corrected chi connectivity index (χ3v) is 4.38. The maximum absolute atomic E-state index is 11.3. The zero-order valence-corrected chi connectivity index (χ0v) is 12.0. The summed E-state index contributed by atoms with van der Waals surface area (Å²) in [6, 6.07) is 7.10. The van der Waals surface area contributed by atoms with Crippen molar-refractivity contribution in [1.29, 1.82) is 0 Å². The molecule has 3 N–H and O–H groups in total. The lowest BCUT2D eigenvalue weighted by Crippen LogP contribution is -2.31. The van der Waals surface area contributed by atoms with Gasteiger partial charge < -0.3 is 15.3 Å². The quantitative estimate of drug-likeness (QED) is 0.752. The summed E-state index contributed by atoms with van der Waals surface area (Å²) in [4.78, 5) is 16.9. The average Bonchev–Trinajstić information content (AvgIpc) is 2.62. The largest absolute Gasteiger partial charge is 0.323 e. The Morgan fingerprint density at radius 3 is 2.55 bits per heavy atom. The Morgan fingerprint density at radius 1 is 1.10 bits per heavy atom. The molecule has 4 nitrogen and oxygen atoms in total. The van der Waals surface area contributed by atoms with Gasteiger partial charge in [-0.2, -0.15) is 0 Å². The highest BCUT2D eigenvalue weighted by Gasteiger charge is 2.15. The van der Waals surface area contributed by atoms with E-state index in [-0.39, 0.29) is 5.69 Å². The molecule has 0 saturated heterocycles. The lowest BCUT2D eigenvalue weighted by molar-refractivity contribution is 0.414. The van der Waals surface area contributed by atoms with Gasteiger partial charge in [-0.25, -0.2) is 4.79 Å². The first-order chi connectivity index (χ1) is 9.72.